The fourth-order valence-corrected chi connectivity index (χ4v) is 2.19. The second-order valence-electron chi connectivity index (χ2n) is 5.65. The minimum Gasteiger partial charge on any atom is -0.466 e. The van der Waals surface area contributed by atoms with Gasteiger partial charge in [0, 0.05) is 6.42 Å². The second-order valence-corrected chi connectivity index (χ2v) is 5.65. The number of unbranched alkanes of at least 4 members (excludes halogenated alkanes) is 9. The van der Waals surface area contributed by atoms with Crippen LogP contribution in [0, 0.1) is 0 Å². The number of nitrogens with two attached hydrogens (primary N) is 1. The highest BCUT2D eigenvalue weighted by Crippen LogP contribution is 2.10. The Kier molecular flexibility index (Phi) is 14.8. The van der Waals surface area contributed by atoms with E-state index in [1.54, 1.807) is 0 Å². The van der Waals surface area contributed by atoms with Crippen molar-refractivity contribution in [2.24, 2.45) is 5.73 Å². The molecule has 2 N–H and O–H groups in total. The smallest absolute Gasteiger partial charge is 0.306 e. The average Bonchev–Trinajstić information content (AvgIpc) is 2.50. The molecule has 0 saturated carbocycles. The Balaban J connectivity index is 3.18. The minimum atomic E-state index is -0.285. The van der Waals surface area contributed by atoms with Crippen molar-refractivity contribution in [3.8, 4) is 0 Å². The summed E-state index contributed by atoms with van der Waals surface area (Å²) in [5.41, 5.74) is 5.17. The highest BCUT2D eigenvalue weighted by molar-refractivity contribution is 5.84. The predicted octanol–water partition coefficient (Wildman–Crippen LogP) is 3.76. The van der Waals surface area contributed by atoms with Gasteiger partial charge in [-0.3, -0.25) is 9.59 Å². The number of carbonyl (C=O) groups excluding carboxylic acids is 2. The zero-order valence-electron chi connectivity index (χ0n) is 13.7. The molecule has 0 unspecified atom stereocenters. The van der Waals surface area contributed by atoms with Crippen LogP contribution in [0.4, 0.5) is 0 Å². The standard InChI is InChI=1S/C17H33NO3/c1-2-3-4-5-6-7-8-9-10-11-14-21-17(20)13-12-16(19)15-18/h2-15,18H2,1H3. The first-order chi connectivity index (χ1) is 10.2. The number of hydrogen-bond acceptors (Lipinski definition) is 4. The number of carbonyl (C=O) groups is 2. The molecule has 0 aliphatic carbocycles. The van der Waals surface area contributed by atoms with Crippen LogP contribution in [0.5, 0.6) is 0 Å². The molecule has 0 aromatic carbocycles. The van der Waals surface area contributed by atoms with Gasteiger partial charge in [0.15, 0.2) is 0 Å². The molecule has 0 aliphatic rings. The van der Waals surface area contributed by atoms with Gasteiger partial charge >= 0.3 is 5.97 Å². The van der Waals surface area contributed by atoms with Crippen molar-refractivity contribution < 1.29 is 14.3 Å². The first kappa shape index (κ1) is 20.1. The summed E-state index contributed by atoms with van der Waals surface area (Å²) in [7, 11) is 0. The highest BCUT2D eigenvalue weighted by Gasteiger charge is 2.06. The van der Waals surface area contributed by atoms with Gasteiger partial charge in [-0.2, -0.15) is 0 Å². The number of ketones is 1. The van der Waals surface area contributed by atoms with Crippen molar-refractivity contribution in [1.82, 2.24) is 0 Å². The molecule has 0 aromatic rings. The number of hydrogen-bond donors (Lipinski definition) is 1. The first-order valence-electron chi connectivity index (χ1n) is 8.58. The molecule has 0 rings (SSSR count). The van der Waals surface area contributed by atoms with Gasteiger partial charge in [0.25, 0.3) is 0 Å². The van der Waals surface area contributed by atoms with Crippen LogP contribution in [0.2, 0.25) is 0 Å². The lowest BCUT2D eigenvalue weighted by atomic mass is 10.1. The van der Waals surface area contributed by atoms with Crippen molar-refractivity contribution in [2.75, 3.05) is 13.2 Å². The van der Waals surface area contributed by atoms with Gasteiger partial charge in [-0.15, -0.1) is 0 Å². The monoisotopic (exact) mass is 299 g/mol. The predicted molar refractivity (Wildman–Crippen MR) is 86.1 cm³/mol. The summed E-state index contributed by atoms with van der Waals surface area (Å²) in [5, 5.41) is 0. The Morgan fingerprint density at radius 2 is 1.33 bits per heavy atom. The Labute approximate surface area is 129 Å². The molecule has 0 fully saturated rings. The Bertz CT molecular complexity index is 267. The summed E-state index contributed by atoms with van der Waals surface area (Å²) >= 11 is 0. The van der Waals surface area contributed by atoms with Crippen molar-refractivity contribution in [2.45, 2.75) is 84.0 Å². The first-order valence-corrected chi connectivity index (χ1v) is 8.58. The van der Waals surface area contributed by atoms with Crippen LogP contribution in [-0.4, -0.2) is 24.9 Å². The topological polar surface area (TPSA) is 69.4 Å². The van der Waals surface area contributed by atoms with Crippen LogP contribution in [0.15, 0.2) is 0 Å². The lowest BCUT2D eigenvalue weighted by Gasteiger charge is -2.05. The number of esters is 1. The number of rotatable bonds is 15. The van der Waals surface area contributed by atoms with E-state index in [4.69, 9.17) is 10.5 Å². The van der Waals surface area contributed by atoms with Gasteiger partial charge in [-0.25, -0.2) is 0 Å². The maximum absolute atomic E-state index is 11.3. The maximum atomic E-state index is 11.3. The van der Waals surface area contributed by atoms with E-state index in [2.05, 4.69) is 6.92 Å². The molecule has 0 spiro atoms. The van der Waals surface area contributed by atoms with E-state index in [0.29, 0.717) is 6.61 Å². The molecule has 4 heteroatoms. The van der Waals surface area contributed by atoms with Gasteiger partial charge in [0.2, 0.25) is 0 Å². The molecule has 0 amide bonds. The summed E-state index contributed by atoms with van der Waals surface area (Å²) in [5.74, 6) is -0.376. The summed E-state index contributed by atoms with van der Waals surface area (Å²) < 4.78 is 5.08. The molecular formula is C17H33NO3. The summed E-state index contributed by atoms with van der Waals surface area (Å²) in [6, 6.07) is 0. The van der Waals surface area contributed by atoms with Gasteiger partial charge in [-0.1, -0.05) is 64.7 Å². The zero-order valence-corrected chi connectivity index (χ0v) is 13.7. The molecule has 124 valence electrons. The summed E-state index contributed by atoms with van der Waals surface area (Å²) in [4.78, 5) is 22.3. The Morgan fingerprint density at radius 1 is 0.810 bits per heavy atom. The lowest BCUT2D eigenvalue weighted by molar-refractivity contribution is -0.144. The van der Waals surface area contributed by atoms with E-state index < -0.39 is 0 Å². The molecule has 0 atom stereocenters. The summed E-state index contributed by atoms with van der Waals surface area (Å²) in [6.45, 7) is 2.72. The largest absolute Gasteiger partial charge is 0.466 e. The normalized spacial score (nSPS) is 10.6. The SMILES string of the molecule is CCCCCCCCCCCCOC(=O)CCC(=O)CN. The van der Waals surface area contributed by atoms with E-state index in [9.17, 15) is 9.59 Å². The molecule has 0 heterocycles. The lowest BCUT2D eigenvalue weighted by Crippen LogP contribution is -2.15. The third kappa shape index (κ3) is 15.3. The van der Waals surface area contributed by atoms with Gasteiger partial charge in [0.05, 0.1) is 19.6 Å². The van der Waals surface area contributed by atoms with Crippen LogP contribution in [0.25, 0.3) is 0 Å². The van der Waals surface area contributed by atoms with Crippen LogP contribution >= 0.6 is 0 Å². The van der Waals surface area contributed by atoms with Crippen molar-refractivity contribution in [1.29, 1.82) is 0 Å². The molecule has 21 heavy (non-hydrogen) atoms. The van der Waals surface area contributed by atoms with E-state index in [1.807, 2.05) is 0 Å². The molecule has 0 aliphatic heterocycles. The van der Waals surface area contributed by atoms with Crippen molar-refractivity contribution in [3.05, 3.63) is 0 Å². The van der Waals surface area contributed by atoms with E-state index >= 15 is 0 Å². The van der Waals surface area contributed by atoms with Crippen LogP contribution in [0.1, 0.15) is 84.0 Å². The molecule has 0 aromatic heterocycles. The van der Waals surface area contributed by atoms with Gasteiger partial charge < -0.3 is 10.5 Å². The molecular weight excluding hydrogens is 266 g/mol. The zero-order chi connectivity index (χ0) is 15.8. The molecule has 0 radical (unpaired) electrons. The minimum absolute atomic E-state index is 0.00568. The van der Waals surface area contributed by atoms with Crippen LogP contribution in [0.3, 0.4) is 0 Å². The van der Waals surface area contributed by atoms with Crippen LogP contribution in [-0.2, 0) is 14.3 Å². The molecule has 0 bridgehead atoms. The van der Waals surface area contributed by atoms with Crippen LogP contribution < -0.4 is 5.73 Å². The number of ether oxygens (including phenoxy) is 1. The van der Waals surface area contributed by atoms with E-state index in [1.165, 1.54) is 51.4 Å². The average molecular weight is 299 g/mol. The fourth-order valence-electron chi connectivity index (χ4n) is 2.19. The fraction of sp³-hybridized carbons (Fsp3) is 0.882. The van der Waals surface area contributed by atoms with Gasteiger partial charge in [0.1, 0.15) is 5.78 Å². The molecule has 4 nitrogen and oxygen atoms in total. The summed E-state index contributed by atoms with van der Waals surface area (Å²) in [6.07, 6.45) is 13.0. The van der Waals surface area contributed by atoms with Crippen molar-refractivity contribution >= 4 is 11.8 Å². The third-order valence-corrected chi connectivity index (χ3v) is 3.60. The maximum Gasteiger partial charge on any atom is 0.306 e. The van der Waals surface area contributed by atoms with Crippen molar-refractivity contribution in [3.63, 3.8) is 0 Å². The van der Waals surface area contributed by atoms with E-state index in [0.717, 1.165) is 12.8 Å². The Morgan fingerprint density at radius 3 is 1.86 bits per heavy atom. The van der Waals surface area contributed by atoms with Gasteiger partial charge in [-0.05, 0) is 6.42 Å². The second kappa shape index (κ2) is 15.5. The van der Waals surface area contributed by atoms with E-state index in [-0.39, 0.29) is 31.1 Å². The number of Topliss-reactive ketones (excluding diaryl/α,β-unsaturated/α-hetero) is 1. The molecule has 0 saturated heterocycles. The third-order valence-electron chi connectivity index (χ3n) is 3.60. The quantitative estimate of drug-likeness (QED) is 0.369. The highest BCUT2D eigenvalue weighted by atomic mass is 16.5. The Hall–Kier alpha value is -0.900.